The van der Waals surface area contributed by atoms with Crippen LogP contribution < -0.4 is 19.6 Å². The van der Waals surface area contributed by atoms with E-state index in [0.29, 0.717) is 37.5 Å². The van der Waals surface area contributed by atoms with Gasteiger partial charge in [-0.05, 0) is 54.5 Å². The lowest BCUT2D eigenvalue weighted by molar-refractivity contribution is -0.139. The van der Waals surface area contributed by atoms with E-state index in [1.807, 2.05) is 36.4 Å². The molecule has 36 heavy (non-hydrogen) atoms. The lowest BCUT2D eigenvalue weighted by atomic mass is 9.90. The first-order valence-corrected chi connectivity index (χ1v) is 12.3. The molecule has 1 aliphatic rings. The largest absolute Gasteiger partial charge is 0.508 e. The molecule has 2 heterocycles. The SMILES string of the molecule is CCOC(=O)C1=C(C)N=c2s/c(=C\c3cccc(O)c3)c(=O)n2C1c1c(OC)ccc2ccccc12. The zero-order chi connectivity index (χ0) is 25.4. The second-order valence-electron chi connectivity index (χ2n) is 8.30. The number of hydrogen-bond donors (Lipinski definition) is 1. The van der Waals surface area contributed by atoms with E-state index >= 15 is 0 Å². The van der Waals surface area contributed by atoms with E-state index in [0.717, 1.165) is 10.8 Å². The third kappa shape index (κ3) is 3.99. The molecule has 4 aromatic rings. The summed E-state index contributed by atoms with van der Waals surface area (Å²) in [5.74, 6) is 0.133. The van der Waals surface area contributed by atoms with E-state index in [1.165, 1.54) is 11.3 Å². The molecule has 0 amide bonds. The first kappa shape index (κ1) is 23.6. The van der Waals surface area contributed by atoms with Gasteiger partial charge in [-0.25, -0.2) is 9.79 Å². The number of rotatable bonds is 5. The number of carbonyl (C=O) groups is 1. The number of ether oxygens (including phenoxy) is 2. The fraction of sp³-hybridized carbons (Fsp3) is 0.179. The number of benzene rings is 3. The molecule has 1 N–H and O–H groups in total. The Morgan fingerprint density at radius 2 is 1.97 bits per heavy atom. The van der Waals surface area contributed by atoms with Crippen LogP contribution in [0.2, 0.25) is 0 Å². The van der Waals surface area contributed by atoms with Gasteiger partial charge in [-0.3, -0.25) is 9.36 Å². The molecule has 1 aliphatic heterocycles. The monoisotopic (exact) mass is 500 g/mol. The maximum Gasteiger partial charge on any atom is 0.338 e. The summed E-state index contributed by atoms with van der Waals surface area (Å²) in [5, 5.41) is 11.7. The minimum atomic E-state index is -0.798. The van der Waals surface area contributed by atoms with Crippen LogP contribution in [0.5, 0.6) is 11.5 Å². The molecule has 3 aromatic carbocycles. The van der Waals surface area contributed by atoms with Gasteiger partial charge in [0.05, 0.1) is 29.5 Å². The number of phenols is 1. The Morgan fingerprint density at radius 1 is 1.17 bits per heavy atom. The Kier molecular flexibility index (Phi) is 6.20. The van der Waals surface area contributed by atoms with Crippen molar-refractivity contribution in [1.29, 1.82) is 0 Å². The molecular formula is C28H24N2O5S. The fourth-order valence-electron chi connectivity index (χ4n) is 4.57. The molecule has 0 fully saturated rings. The summed E-state index contributed by atoms with van der Waals surface area (Å²) in [6.45, 7) is 3.69. The van der Waals surface area contributed by atoms with Gasteiger partial charge >= 0.3 is 5.97 Å². The molecule has 1 aromatic heterocycles. The Bertz CT molecular complexity index is 1710. The minimum Gasteiger partial charge on any atom is -0.508 e. The smallest absolute Gasteiger partial charge is 0.338 e. The molecule has 0 aliphatic carbocycles. The fourth-order valence-corrected chi connectivity index (χ4v) is 5.61. The Hall–Kier alpha value is -4.17. The zero-order valence-corrected chi connectivity index (χ0v) is 20.8. The second-order valence-corrected chi connectivity index (χ2v) is 9.31. The normalized spacial score (nSPS) is 15.5. The summed E-state index contributed by atoms with van der Waals surface area (Å²) in [4.78, 5) is 32.2. The van der Waals surface area contributed by atoms with Crippen LogP contribution in [0.4, 0.5) is 0 Å². The van der Waals surface area contributed by atoms with Gasteiger partial charge in [0.2, 0.25) is 0 Å². The molecule has 5 rings (SSSR count). The Morgan fingerprint density at radius 3 is 2.72 bits per heavy atom. The predicted molar refractivity (Wildman–Crippen MR) is 139 cm³/mol. The van der Waals surface area contributed by atoms with Gasteiger partial charge in [-0.2, -0.15) is 0 Å². The molecule has 1 unspecified atom stereocenters. The Balaban J connectivity index is 1.86. The third-order valence-corrected chi connectivity index (χ3v) is 7.09. The number of nitrogens with zero attached hydrogens (tertiary/aromatic N) is 2. The number of carbonyl (C=O) groups excluding carboxylic acids is 1. The summed E-state index contributed by atoms with van der Waals surface area (Å²) in [5.41, 5.74) is 1.86. The number of aromatic hydroxyl groups is 1. The zero-order valence-electron chi connectivity index (χ0n) is 20.0. The highest BCUT2D eigenvalue weighted by Gasteiger charge is 2.36. The lowest BCUT2D eigenvalue weighted by Crippen LogP contribution is -2.40. The van der Waals surface area contributed by atoms with Crippen LogP contribution >= 0.6 is 11.3 Å². The highest BCUT2D eigenvalue weighted by atomic mass is 32.1. The lowest BCUT2D eigenvalue weighted by Gasteiger charge is -2.27. The molecule has 1 atom stereocenters. The summed E-state index contributed by atoms with van der Waals surface area (Å²) in [6.07, 6.45) is 1.71. The maximum atomic E-state index is 13.9. The van der Waals surface area contributed by atoms with Crippen molar-refractivity contribution in [2.75, 3.05) is 13.7 Å². The maximum absolute atomic E-state index is 13.9. The molecule has 0 bridgehead atoms. The van der Waals surface area contributed by atoms with Crippen LogP contribution in [0, 0.1) is 0 Å². The van der Waals surface area contributed by atoms with Gasteiger partial charge in [0.1, 0.15) is 17.5 Å². The highest BCUT2D eigenvalue weighted by Crippen LogP contribution is 2.40. The van der Waals surface area contributed by atoms with Crippen molar-refractivity contribution in [2.45, 2.75) is 19.9 Å². The minimum absolute atomic E-state index is 0.107. The number of fused-ring (bicyclic) bond motifs is 2. The molecule has 0 spiro atoms. The quantitative estimate of drug-likeness (QED) is 0.423. The van der Waals surface area contributed by atoms with Gasteiger partial charge in [0.25, 0.3) is 5.56 Å². The van der Waals surface area contributed by atoms with E-state index < -0.39 is 12.0 Å². The van der Waals surface area contributed by atoms with Crippen LogP contribution in [0.3, 0.4) is 0 Å². The van der Waals surface area contributed by atoms with Gasteiger partial charge < -0.3 is 14.6 Å². The van der Waals surface area contributed by atoms with Crippen LogP contribution in [-0.4, -0.2) is 29.4 Å². The summed E-state index contributed by atoms with van der Waals surface area (Å²) < 4.78 is 13.1. The first-order chi connectivity index (χ1) is 17.4. The number of allylic oxidation sites excluding steroid dienone is 1. The van der Waals surface area contributed by atoms with Gasteiger partial charge in [0, 0.05) is 5.56 Å². The van der Waals surface area contributed by atoms with E-state index in [2.05, 4.69) is 4.99 Å². The van der Waals surface area contributed by atoms with E-state index in [4.69, 9.17) is 9.47 Å². The van der Waals surface area contributed by atoms with Crippen molar-refractivity contribution in [3.05, 3.63) is 103 Å². The van der Waals surface area contributed by atoms with Crippen molar-refractivity contribution < 1.29 is 19.4 Å². The number of thiazole rings is 1. The van der Waals surface area contributed by atoms with E-state index in [-0.39, 0.29) is 17.9 Å². The second kappa shape index (κ2) is 9.47. The van der Waals surface area contributed by atoms with E-state index in [9.17, 15) is 14.7 Å². The van der Waals surface area contributed by atoms with E-state index in [1.54, 1.807) is 55.9 Å². The average Bonchev–Trinajstić information content (AvgIpc) is 3.16. The van der Waals surface area contributed by atoms with Crippen molar-refractivity contribution in [1.82, 2.24) is 4.57 Å². The number of esters is 1. The van der Waals surface area contributed by atoms with Gasteiger partial charge in [-0.15, -0.1) is 0 Å². The molecule has 0 radical (unpaired) electrons. The third-order valence-electron chi connectivity index (χ3n) is 6.11. The number of hydrogen-bond acceptors (Lipinski definition) is 7. The topological polar surface area (TPSA) is 90.1 Å². The summed E-state index contributed by atoms with van der Waals surface area (Å²) in [7, 11) is 1.57. The standard InChI is InChI=1S/C28H24N2O5S/c1-4-35-27(33)23-16(2)29-28-30(26(32)22(36-28)15-17-8-7-10-19(31)14-17)25(23)24-20-11-6-5-9-18(20)12-13-21(24)34-3/h5-15,25,31H,4H2,1-3H3/b22-15-. The van der Waals surface area contributed by atoms with Crippen molar-refractivity contribution in [3.8, 4) is 11.5 Å². The number of aromatic nitrogens is 1. The molecule has 182 valence electrons. The molecule has 0 saturated carbocycles. The highest BCUT2D eigenvalue weighted by molar-refractivity contribution is 7.07. The summed E-state index contributed by atoms with van der Waals surface area (Å²) >= 11 is 1.23. The van der Waals surface area contributed by atoms with Crippen molar-refractivity contribution in [3.63, 3.8) is 0 Å². The number of phenolic OH excluding ortho intramolecular Hbond substituents is 1. The van der Waals surface area contributed by atoms with Crippen LogP contribution in [0.15, 0.2) is 81.7 Å². The Labute approximate surface area is 210 Å². The molecule has 0 saturated heterocycles. The van der Waals surface area contributed by atoms with Gasteiger partial charge in [-0.1, -0.05) is 53.8 Å². The molecular weight excluding hydrogens is 476 g/mol. The molecule has 7 nitrogen and oxygen atoms in total. The number of methoxy groups -OCH3 is 1. The van der Waals surface area contributed by atoms with Crippen molar-refractivity contribution in [2.24, 2.45) is 4.99 Å². The van der Waals surface area contributed by atoms with Crippen molar-refractivity contribution >= 4 is 34.2 Å². The van der Waals surface area contributed by atoms with Crippen LogP contribution in [0.1, 0.15) is 31.0 Å². The average molecular weight is 501 g/mol. The predicted octanol–water partition coefficient (Wildman–Crippen LogP) is 3.67. The van der Waals surface area contributed by atoms with Gasteiger partial charge in [0.15, 0.2) is 4.80 Å². The van der Waals surface area contributed by atoms with Crippen LogP contribution in [-0.2, 0) is 9.53 Å². The first-order valence-electron chi connectivity index (χ1n) is 11.5. The summed E-state index contributed by atoms with van der Waals surface area (Å²) in [6, 6.07) is 17.4. The molecule has 8 heteroatoms. The van der Waals surface area contributed by atoms with Crippen LogP contribution in [0.25, 0.3) is 16.8 Å².